The third kappa shape index (κ3) is 3.66. The fourth-order valence-corrected chi connectivity index (χ4v) is 4.42. The molecule has 1 aliphatic rings. The first-order chi connectivity index (χ1) is 11.1. The summed E-state index contributed by atoms with van der Waals surface area (Å²) in [7, 11) is 4.21. The van der Waals surface area contributed by atoms with E-state index < -0.39 is 0 Å². The topological polar surface area (TPSA) is 38.5 Å². The lowest BCUT2D eigenvalue weighted by Gasteiger charge is -2.36. The molecule has 0 saturated carbocycles. The van der Waals surface area contributed by atoms with Crippen LogP contribution in [0.5, 0.6) is 0 Å². The molecule has 23 heavy (non-hydrogen) atoms. The monoisotopic (exact) mass is 330 g/mol. The SMILES string of the molecule is CN(C)Cc1ccc(-c2ccc(C3(CN)CCOCC3)cc2)s1. The zero-order valence-corrected chi connectivity index (χ0v) is 14.9. The van der Waals surface area contributed by atoms with E-state index in [1.54, 1.807) is 0 Å². The average Bonchev–Trinajstić information content (AvgIpc) is 3.03. The van der Waals surface area contributed by atoms with Gasteiger partial charge in [-0.15, -0.1) is 11.3 Å². The molecule has 0 amide bonds. The summed E-state index contributed by atoms with van der Waals surface area (Å²) in [5, 5.41) is 0. The summed E-state index contributed by atoms with van der Waals surface area (Å²) in [6, 6.07) is 13.5. The molecule has 4 heteroatoms. The van der Waals surface area contributed by atoms with E-state index in [0.717, 1.165) is 32.6 Å². The lowest BCUT2D eigenvalue weighted by molar-refractivity contribution is 0.0530. The van der Waals surface area contributed by atoms with E-state index in [1.807, 2.05) is 11.3 Å². The summed E-state index contributed by atoms with van der Waals surface area (Å²) < 4.78 is 5.52. The molecule has 0 radical (unpaired) electrons. The number of ether oxygens (including phenoxy) is 1. The molecule has 1 saturated heterocycles. The Morgan fingerprint density at radius 3 is 2.39 bits per heavy atom. The predicted octanol–water partition coefficient (Wildman–Crippen LogP) is 3.48. The standard InChI is InChI=1S/C19H26N2OS/c1-21(2)13-17-7-8-18(23-17)15-3-5-16(6-4-15)19(14-20)9-11-22-12-10-19/h3-8H,9-14,20H2,1-2H3. The summed E-state index contributed by atoms with van der Waals surface area (Å²) in [6.07, 6.45) is 2.05. The van der Waals surface area contributed by atoms with Crippen molar-refractivity contribution in [2.45, 2.75) is 24.8 Å². The molecule has 3 rings (SSSR count). The van der Waals surface area contributed by atoms with Gasteiger partial charge >= 0.3 is 0 Å². The summed E-state index contributed by atoms with van der Waals surface area (Å²) in [4.78, 5) is 4.94. The first-order valence-corrected chi connectivity index (χ1v) is 9.07. The van der Waals surface area contributed by atoms with Crippen molar-refractivity contribution in [3.05, 3.63) is 46.8 Å². The summed E-state index contributed by atoms with van der Waals surface area (Å²) in [5.41, 5.74) is 8.86. The van der Waals surface area contributed by atoms with Crippen LogP contribution < -0.4 is 5.73 Å². The molecule has 1 aromatic carbocycles. The van der Waals surface area contributed by atoms with Crippen molar-refractivity contribution < 1.29 is 4.74 Å². The van der Waals surface area contributed by atoms with Gasteiger partial charge in [-0.2, -0.15) is 0 Å². The van der Waals surface area contributed by atoms with E-state index in [2.05, 4.69) is 55.4 Å². The number of nitrogens with zero attached hydrogens (tertiary/aromatic N) is 1. The van der Waals surface area contributed by atoms with E-state index in [4.69, 9.17) is 10.5 Å². The van der Waals surface area contributed by atoms with Gasteiger partial charge in [-0.05, 0) is 50.2 Å². The van der Waals surface area contributed by atoms with Gasteiger partial charge in [-0.25, -0.2) is 0 Å². The molecule has 1 aliphatic heterocycles. The van der Waals surface area contributed by atoms with E-state index >= 15 is 0 Å². The maximum atomic E-state index is 6.11. The maximum Gasteiger partial charge on any atom is 0.0475 e. The third-order valence-electron chi connectivity index (χ3n) is 4.76. The Kier molecular flexibility index (Phi) is 5.17. The Hall–Kier alpha value is -1.20. The lowest BCUT2D eigenvalue weighted by Crippen LogP contribution is -2.40. The van der Waals surface area contributed by atoms with Crippen molar-refractivity contribution in [2.75, 3.05) is 33.9 Å². The molecule has 1 fully saturated rings. The Labute approximate surface area is 143 Å². The minimum absolute atomic E-state index is 0.0995. The second kappa shape index (κ2) is 7.14. The molecule has 2 heterocycles. The Morgan fingerprint density at radius 1 is 1.09 bits per heavy atom. The molecule has 124 valence electrons. The molecular formula is C19H26N2OS. The molecule has 0 bridgehead atoms. The maximum absolute atomic E-state index is 6.11. The van der Waals surface area contributed by atoms with E-state index in [1.165, 1.54) is 20.9 Å². The molecule has 2 N–H and O–H groups in total. The molecule has 1 aromatic heterocycles. The third-order valence-corrected chi connectivity index (χ3v) is 5.88. The van der Waals surface area contributed by atoms with Crippen molar-refractivity contribution in [3.63, 3.8) is 0 Å². The minimum Gasteiger partial charge on any atom is -0.381 e. The largest absolute Gasteiger partial charge is 0.381 e. The second-order valence-corrected chi connectivity index (χ2v) is 7.85. The van der Waals surface area contributed by atoms with Crippen LogP contribution in [0.25, 0.3) is 10.4 Å². The molecular weight excluding hydrogens is 304 g/mol. The lowest BCUT2D eigenvalue weighted by atomic mass is 9.74. The highest BCUT2D eigenvalue weighted by Gasteiger charge is 2.32. The molecule has 3 nitrogen and oxygen atoms in total. The van der Waals surface area contributed by atoms with Crippen LogP contribution in [0.15, 0.2) is 36.4 Å². The Balaban J connectivity index is 1.80. The van der Waals surface area contributed by atoms with Gasteiger partial charge in [0, 0.05) is 41.5 Å². The molecule has 0 unspecified atom stereocenters. The smallest absolute Gasteiger partial charge is 0.0475 e. The van der Waals surface area contributed by atoms with E-state index in [9.17, 15) is 0 Å². The van der Waals surface area contributed by atoms with Gasteiger partial charge in [-0.1, -0.05) is 24.3 Å². The summed E-state index contributed by atoms with van der Waals surface area (Å²) in [6.45, 7) is 3.33. The molecule has 0 aliphatic carbocycles. The van der Waals surface area contributed by atoms with Crippen molar-refractivity contribution in [3.8, 4) is 10.4 Å². The average molecular weight is 330 g/mol. The van der Waals surface area contributed by atoms with Gasteiger partial charge in [0.15, 0.2) is 0 Å². The van der Waals surface area contributed by atoms with E-state index in [-0.39, 0.29) is 5.41 Å². The van der Waals surface area contributed by atoms with Crippen LogP contribution in [0.4, 0.5) is 0 Å². The number of thiophene rings is 1. The van der Waals surface area contributed by atoms with Crippen LogP contribution in [0.2, 0.25) is 0 Å². The van der Waals surface area contributed by atoms with Crippen molar-refractivity contribution in [2.24, 2.45) is 5.73 Å². The van der Waals surface area contributed by atoms with Gasteiger partial charge in [0.1, 0.15) is 0 Å². The van der Waals surface area contributed by atoms with Gasteiger partial charge < -0.3 is 15.4 Å². The zero-order chi connectivity index (χ0) is 16.3. The fraction of sp³-hybridized carbons (Fsp3) is 0.474. The van der Waals surface area contributed by atoms with Gasteiger partial charge in [0.25, 0.3) is 0 Å². The quantitative estimate of drug-likeness (QED) is 0.912. The molecule has 0 atom stereocenters. The predicted molar refractivity (Wildman–Crippen MR) is 97.9 cm³/mol. The van der Waals surface area contributed by atoms with E-state index in [0.29, 0.717) is 6.54 Å². The number of nitrogens with two attached hydrogens (primary N) is 1. The van der Waals surface area contributed by atoms with Gasteiger partial charge in [0.2, 0.25) is 0 Å². The molecule has 2 aromatic rings. The fourth-order valence-electron chi connectivity index (χ4n) is 3.29. The number of rotatable bonds is 5. The second-order valence-electron chi connectivity index (χ2n) is 6.68. The normalized spacial score (nSPS) is 17.6. The van der Waals surface area contributed by atoms with Crippen LogP contribution in [-0.4, -0.2) is 38.8 Å². The highest BCUT2D eigenvalue weighted by atomic mass is 32.1. The Morgan fingerprint density at radius 2 is 1.78 bits per heavy atom. The first kappa shape index (κ1) is 16.7. The van der Waals surface area contributed by atoms with Gasteiger partial charge in [-0.3, -0.25) is 0 Å². The highest BCUT2D eigenvalue weighted by molar-refractivity contribution is 7.15. The summed E-state index contributed by atoms with van der Waals surface area (Å²) >= 11 is 1.87. The van der Waals surface area contributed by atoms with Crippen LogP contribution in [-0.2, 0) is 16.7 Å². The van der Waals surface area contributed by atoms with Crippen LogP contribution in [0, 0.1) is 0 Å². The van der Waals surface area contributed by atoms with Crippen LogP contribution in [0.3, 0.4) is 0 Å². The zero-order valence-electron chi connectivity index (χ0n) is 14.0. The molecule has 0 spiro atoms. The number of hydrogen-bond donors (Lipinski definition) is 1. The van der Waals surface area contributed by atoms with Crippen LogP contribution >= 0.6 is 11.3 Å². The minimum atomic E-state index is 0.0995. The van der Waals surface area contributed by atoms with Gasteiger partial charge in [0.05, 0.1) is 0 Å². The summed E-state index contributed by atoms with van der Waals surface area (Å²) in [5.74, 6) is 0. The Bertz CT molecular complexity index is 627. The van der Waals surface area contributed by atoms with Crippen LogP contribution in [0.1, 0.15) is 23.3 Å². The van der Waals surface area contributed by atoms with Crippen molar-refractivity contribution >= 4 is 11.3 Å². The number of benzene rings is 1. The number of hydrogen-bond acceptors (Lipinski definition) is 4. The van der Waals surface area contributed by atoms with Crippen molar-refractivity contribution in [1.29, 1.82) is 0 Å². The highest BCUT2D eigenvalue weighted by Crippen LogP contribution is 2.36. The van der Waals surface area contributed by atoms with Crippen molar-refractivity contribution in [1.82, 2.24) is 4.90 Å². The first-order valence-electron chi connectivity index (χ1n) is 8.25.